The molecular formula is C20H17FN2O5S2. The van der Waals surface area contributed by atoms with Crippen LogP contribution in [0.5, 0.6) is 0 Å². The number of rotatable bonds is 7. The summed E-state index contributed by atoms with van der Waals surface area (Å²) in [7, 11) is -8.13. The number of halogens is 1. The molecule has 3 aromatic carbocycles. The van der Waals surface area contributed by atoms with E-state index in [1.807, 2.05) is 0 Å². The number of ketones is 1. The fourth-order valence-electron chi connectivity index (χ4n) is 2.55. The molecule has 10 heteroatoms. The van der Waals surface area contributed by atoms with Gasteiger partial charge in [-0.1, -0.05) is 24.3 Å². The third-order valence-corrected chi connectivity index (χ3v) is 6.87. The van der Waals surface area contributed by atoms with Crippen LogP contribution in [0.2, 0.25) is 0 Å². The van der Waals surface area contributed by atoms with Gasteiger partial charge in [0.05, 0.1) is 21.2 Å². The van der Waals surface area contributed by atoms with E-state index < -0.39 is 25.9 Å². The molecule has 2 N–H and O–H groups in total. The van der Waals surface area contributed by atoms with Gasteiger partial charge in [-0.2, -0.15) is 0 Å². The molecule has 0 amide bonds. The zero-order valence-corrected chi connectivity index (χ0v) is 17.3. The number of Topliss-reactive ketones (excluding diaryl/α,β-unsaturated/α-hetero) is 1. The molecule has 0 radical (unpaired) electrons. The molecule has 0 fully saturated rings. The molecule has 0 spiro atoms. The van der Waals surface area contributed by atoms with Crippen LogP contribution in [0.1, 0.15) is 17.3 Å². The predicted octanol–water partition coefficient (Wildman–Crippen LogP) is 3.63. The van der Waals surface area contributed by atoms with Crippen molar-refractivity contribution in [2.45, 2.75) is 16.7 Å². The van der Waals surface area contributed by atoms with Crippen molar-refractivity contribution in [3.8, 4) is 0 Å². The van der Waals surface area contributed by atoms with Crippen molar-refractivity contribution in [2.75, 3.05) is 9.44 Å². The van der Waals surface area contributed by atoms with E-state index in [0.717, 1.165) is 24.3 Å². The maximum Gasteiger partial charge on any atom is 0.261 e. The molecule has 0 aliphatic rings. The summed E-state index contributed by atoms with van der Waals surface area (Å²) >= 11 is 0. The zero-order valence-electron chi connectivity index (χ0n) is 15.7. The van der Waals surface area contributed by atoms with E-state index in [1.54, 1.807) is 0 Å². The second kappa shape index (κ2) is 8.25. The first-order valence-electron chi connectivity index (χ1n) is 8.60. The molecule has 0 aliphatic carbocycles. The summed E-state index contributed by atoms with van der Waals surface area (Å²) in [5, 5.41) is 0. The molecule has 0 aromatic heterocycles. The molecule has 3 aromatic rings. The molecule has 0 aliphatic heterocycles. The fourth-order valence-corrected chi connectivity index (χ4v) is 4.71. The van der Waals surface area contributed by atoms with Crippen LogP contribution in [-0.4, -0.2) is 22.6 Å². The highest BCUT2D eigenvalue weighted by molar-refractivity contribution is 7.93. The minimum absolute atomic E-state index is 0.00108. The summed E-state index contributed by atoms with van der Waals surface area (Å²) in [6, 6.07) is 15.4. The number of carbonyl (C=O) groups excluding carboxylic acids is 1. The highest BCUT2D eigenvalue weighted by Crippen LogP contribution is 2.27. The van der Waals surface area contributed by atoms with E-state index in [0.29, 0.717) is 5.56 Å². The molecule has 7 nitrogen and oxygen atoms in total. The number of anilines is 2. The van der Waals surface area contributed by atoms with E-state index in [2.05, 4.69) is 9.44 Å². The molecule has 0 atom stereocenters. The Labute approximate surface area is 173 Å². The van der Waals surface area contributed by atoms with Crippen molar-refractivity contribution in [1.82, 2.24) is 0 Å². The number of hydrogen-bond donors (Lipinski definition) is 2. The van der Waals surface area contributed by atoms with Crippen LogP contribution >= 0.6 is 0 Å². The quantitative estimate of drug-likeness (QED) is 0.537. The van der Waals surface area contributed by atoms with Gasteiger partial charge in [0, 0.05) is 5.56 Å². The number of para-hydroxylation sites is 2. The average molecular weight is 448 g/mol. The summed E-state index contributed by atoms with van der Waals surface area (Å²) in [6.45, 7) is 1.37. The van der Waals surface area contributed by atoms with Gasteiger partial charge in [0.25, 0.3) is 20.0 Å². The first kappa shape index (κ1) is 21.5. The summed E-state index contributed by atoms with van der Waals surface area (Å²) in [5.74, 6) is -0.787. The summed E-state index contributed by atoms with van der Waals surface area (Å²) in [4.78, 5) is 11.1. The Morgan fingerprint density at radius 2 is 1.10 bits per heavy atom. The number of hydrogen-bond acceptors (Lipinski definition) is 5. The van der Waals surface area contributed by atoms with Gasteiger partial charge < -0.3 is 0 Å². The maximum atomic E-state index is 13.1. The molecule has 0 heterocycles. The first-order valence-corrected chi connectivity index (χ1v) is 11.6. The average Bonchev–Trinajstić information content (AvgIpc) is 2.69. The zero-order chi connectivity index (χ0) is 21.9. The van der Waals surface area contributed by atoms with Crippen LogP contribution in [0.3, 0.4) is 0 Å². The molecule has 3 rings (SSSR count). The second-order valence-electron chi connectivity index (χ2n) is 6.29. The van der Waals surface area contributed by atoms with Crippen molar-refractivity contribution in [3.63, 3.8) is 0 Å². The lowest BCUT2D eigenvalue weighted by molar-refractivity contribution is 0.101. The van der Waals surface area contributed by atoms with E-state index >= 15 is 0 Å². The van der Waals surface area contributed by atoms with Gasteiger partial charge in [-0.15, -0.1) is 0 Å². The van der Waals surface area contributed by atoms with Gasteiger partial charge in [0.15, 0.2) is 5.78 Å². The molecule has 156 valence electrons. The molecule has 0 bridgehead atoms. The summed E-state index contributed by atoms with van der Waals surface area (Å²) < 4.78 is 68.2. The number of nitrogens with one attached hydrogen (secondary N) is 2. The fraction of sp³-hybridized carbons (Fsp3) is 0.0500. The Hall–Kier alpha value is -3.24. The standard InChI is InChI=1S/C20H17FN2O5S2/c1-14(24)15-6-10-17(11-7-15)29(25,26)22-19-4-2-3-5-20(19)23-30(27,28)18-12-8-16(21)9-13-18/h2-13,22-23H,1H3. The minimum Gasteiger partial charge on any atom is -0.295 e. The van der Waals surface area contributed by atoms with Crippen LogP contribution < -0.4 is 9.44 Å². The molecule has 0 saturated carbocycles. The van der Waals surface area contributed by atoms with E-state index in [-0.39, 0.29) is 26.9 Å². The Morgan fingerprint density at radius 1 is 0.700 bits per heavy atom. The molecule has 0 unspecified atom stereocenters. The van der Waals surface area contributed by atoms with Gasteiger partial charge in [-0.3, -0.25) is 14.2 Å². The lowest BCUT2D eigenvalue weighted by atomic mass is 10.2. The van der Waals surface area contributed by atoms with E-state index in [4.69, 9.17) is 0 Å². The Morgan fingerprint density at radius 3 is 1.50 bits per heavy atom. The second-order valence-corrected chi connectivity index (χ2v) is 9.66. The SMILES string of the molecule is CC(=O)c1ccc(S(=O)(=O)Nc2ccccc2NS(=O)(=O)c2ccc(F)cc2)cc1. The van der Waals surface area contributed by atoms with Gasteiger partial charge in [-0.25, -0.2) is 21.2 Å². The van der Waals surface area contributed by atoms with Crippen LogP contribution in [0.4, 0.5) is 15.8 Å². The third kappa shape index (κ3) is 4.84. The number of carbonyl (C=O) groups is 1. The Balaban J connectivity index is 1.89. The molecular weight excluding hydrogens is 431 g/mol. The molecule has 30 heavy (non-hydrogen) atoms. The van der Waals surface area contributed by atoms with Crippen molar-refractivity contribution in [2.24, 2.45) is 0 Å². The van der Waals surface area contributed by atoms with Crippen LogP contribution in [0, 0.1) is 5.82 Å². The predicted molar refractivity (Wildman–Crippen MR) is 111 cm³/mol. The Bertz CT molecular complexity index is 1290. The minimum atomic E-state index is -4.08. The Kier molecular flexibility index (Phi) is 5.90. The van der Waals surface area contributed by atoms with Crippen molar-refractivity contribution in [3.05, 3.63) is 84.2 Å². The van der Waals surface area contributed by atoms with E-state index in [1.165, 1.54) is 55.5 Å². The topological polar surface area (TPSA) is 109 Å². The molecule has 0 saturated heterocycles. The maximum absolute atomic E-state index is 13.1. The summed E-state index contributed by atoms with van der Waals surface area (Å²) in [6.07, 6.45) is 0. The first-order chi connectivity index (χ1) is 14.1. The van der Waals surface area contributed by atoms with Crippen LogP contribution in [0.25, 0.3) is 0 Å². The van der Waals surface area contributed by atoms with Crippen molar-refractivity contribution < 1.29 is 26.0 Å². The van der Waals surface area contributed by atoms with E-state index in [9.17, 15) is 26.0 Å². The van der Waals surface area contributed by atoms with Gasteiger partial charge in [-0.05, 0) is 55.5 Å². The smallest absolute Gasteiger partial charge is 0.261 e. The highest BCUT2D eigenvalue weighted by atomic mass is 32.2. The monoisotopic (exact) mass is 448 g/mol. The number of sulfonamides is 2. The van der Waals surface area contributed by atoms with Gasteiger partial charge in [0.2, 0.25) is 0 Å². The van der Waals surface area contributed by atoms with Gasteiger partial charge >= 0.3 is 0 Å². The highest BCUT2D eigenvalue weighted by Gasteiger charge is 2.20. The normalized spacial score (nSPS) is 11.7. The van der Waals surface area contributed by atoms with Crippen molar-refractivity contribution in [1.29, 1.82) is 0 Å². The van der Waals surface area contributed by atoms with Gasteiger partial charge in [0.1, 0.15) is 5.82 Å². The lowest BCUT2D eigenvalue weighted by Gasteiger charge is -2.14. The van der Waals surface area contributed by atoms with Crippen LogP contribution in [0.15, 0.2) is 82.6 Å². The van der Waals surface area contributed by atoms with Crippen LogP contribution in [-0.2, 0) is 20.0 Å². The lowest BCUT2D eigenvalue weighted by Crippen LogP contribution is -2.17. The number of benzene rings is 3. The third-order valence-electron chi connectivity index (χ3n) is 4.11. The van der Waals surface area contributed by atoms with Crippen molar-refractivity contribution >= 4 is 37.2 Å². The largest absolute Gasteiger partial charge is 0.295 e. The summed E-state index contributed by atoms with van der Waals surface area (Å²) in [5.41, 5.74) is 0.353.